The largest absolute Gasteiger partial charge is 0.497 e. The average molecular weight is 593 g/mol. The Labute approximate surface area is 253 Å². The maximum absolute atomic E-state index is 13.6. The van der Waals surface area contributed by atoms with Crippen molar-refractivity contribution >= 4 is 29.0 Å². The summed E-state index contributed by atoms with van der Waals surface area (Å²) in [5, 5.41) is 10.4. The second-order valence-corrected chi connectivity index (χ2v) is 10.9. The van der Waals surface area contributed by atoms with Crippen molar-refractivity contribution < 1.29 is 14.3 Å². The van der Waals surface area contributed by atoms with Gasteiger partial charge in [-0.15, -0.1) is 5.10 Å². The van der Waals surface area contributed by atoms with Crippen molar-refractivity contribution in [1.29, 1.82) is 0 Å². The van der Waals surface area contributed by atoms with E-state index in [0.29, 0.717) is 30.4 Å². The molecule has 0 bridgehead atoms. The molecule has 1 aromatic rings. The van der Waals surface area contributed by atoms with Crippen LogP contribution in [0.4, 0.5) is 0 Å². The van der Waals surface area contributed by atoms with E-state index in [-0.39, 0.29) is 23.9 Å². The number of hydrazine groups is 1. The van der Waals surface area contributed by atoms with Crippen molar-refractivity contribution in [3.63, 3.8) is 0 Å². The molecule has 4 atom stereocenters. The van der Waals surface area contributed by atoms with Gasteiger partial charge in [0.15, 0.2) is 0 Å². The van der Waals surface area contributed by atoms with Gasteiger partial charge in [0, 0.05) is 10.9 Å². The Morgan fingerprint density at radius 3 is 2.74 bits per heavy atom. The standard InChI is InChI=1S/C32H41ClN6O3/c1-4-41-20(2)29(21(3)42-19-22-9-6-5-7-10-22)36-30(31(40)37-32(38-34)39-35)28-18-27(28)24-15-13-23(14-16-24)25-11-8-12-26(33)17-25/h6,8-15,17,21,24,29-30,36H,2,4-5,7,16,18-19,34-35H2,1,3H3,(H2,37,38,39,40). The molecule has 1 amide bonds. The predicted octanol–water partition coefficient (Wildman–Crippen LogP) is 4.37. The van der Waals surface area contributed by atoms with Gasteiger partial charge in [-0.3, -0.25) is 20.9 Å². The summed E-state index contributed by atoms with van der Waals surface area (Å²) in [6.45, 7) is 8.90. The zero-order chi connectivity index (χ0) is 30.1. The molecule has 0 aromatic heterocycles. The van der Waals surface area contributed by atoms with Gasteiger partial charge >= 0.3 is 0 Å². The Hall–Kier alpha value is -3.63. The Balaban J connectivity index is 1.54. The summed E-state index contributed by atoms with van der Waals surface area (Å²) < 4.78 is 12.1. The van der Waals surface area contributed by atoms with E-state index in [2.05, 4.69) is 64.2 Å². The normalized spacial score (nSPS) is 20.3. The number of nitrogens with one attached hydrogen (secondary N) is 3. The second-order valence-electron chi connectivity index (χ2n) is 10.5. The van der Waals surface area contributed by atoms with Gasteiger partial charge in [-0.2, -0.15) is 0 Å². The van der Waals surface area contributed by atoms with Gasteiger partial charge in [0.05, 0.1) is 25.4 Å². The monoisotopic (exact) mass is 592 g/mol. The number of nitrogens with two attached hydrogens (primary N) is 2. The molecule has 224 valence electrons. The molecule has 4 rings (SSSR count). The Morgan fingerprint density at radius 1 is 1.26 bits per heavy atom. The highest BCUT2D eigenvalue weighted by atomic mass is 35.5. The van der Waals surface area contributed by atoms with Crippen molar-refractivity contribution in [2.45, 2.75) is 57.7 Å². The minimum absolute atomic E-state index is 0.0400. The van der Waals surface area contributed by atoms with E-state index in [4.69, 9.17) is 32.8 Å². The molecule has 9 nitrogen and oxygen atoms in total. The Bertz CT molecular complexity index is 1350. The third kappa shape index (κ3) is 8.23. The highest BCUT2D eigenvalue weighted by molar-refractivity contribution is 6.30. The highest BCUT2D eigenvalue weighted by Gasteiger charge is 2.40. The zero-order valence-corrected chi connectivity index (χ0v) is 25.0. The predicted molar refractivity (Wildman–Crippen MR) is 169 cm³/mol. The van der Waals surface area contributed by atoms with E-state index in [1.807, 2.05) is 38.1 Å². The molecule has 3 aliphatic rings. The molecule has 0 radical (unpaired) electrons. The number of halogens is 1. The van der Waals surface area contributed by atoms with Gasteiger partial charge in [-0.1, -0.05) is 72.3 Å². The van der Waals surface area contributed by atoms with E-state index in [1.54, 1.807) is 0 Å². The quantitative estimate of drug-likeness (QED) is 0.0573. The summed E-state index contributed by atoms with van der Waals surface area (Å²) in [6, 6.07) is 6.64. The first kappa shape index (κ1) is 31.3. The van der Waals surface area contributed by atoms with Gasteiger partial charge in [0.1, 0.15) is 11.8 Å². The fraction of sp³-hybridized carbons (Fsp3) is 0.375. The first-order valence-electron chi connectivity index (χ1n) is 14.3. The van der Waals surface area contributed by atoms with E-state index >= 15 is 0 Å². The lowest BCUT2D eigenvalue weighted by Gasteiger charge is -2.30. The Kier molecular flexibility index (Phi) is 11.2. The van der Waals surface area contributed by atoms with Gasteiger partial charge in [-0.25, -0.2) is 5.84 Å². The van der Waals surface area contributed by atoms with E-state index < -0.39 is 12.1 Å². The molecule has 0 aliphatic heterocycles. The molecular weight excluding hydrogens is 552 g/mol. The molecule has 3 aliphatic carbocycles. The highest BCUT2D eigenvalue weighted by Crippen LogP contribution is 2.44. The van der Waals surface area contributed by atoms with Crippen LogP contribution in [0, 0.1) is 5.92 Å². The van der Waals surface area contributed by atoms with Crippen LogP contribution in [0.15, 0.2) is 94.9 Å². The fourth-order valence-corrected chi connectivity index (χ4v) is 5.44. The number of benzene rings is 1. The van der Waals surface area contributed by atoms with Crippen molar-refractivity contribution in [1.82, 2.24) is 16.1 Å². The summed E-state index contributed by atoms with van der Waals surface area (Å²) in [6.07, 6.45) is 16.2. The molecule has 0 spiro atoms. The first-order chi connectivity index (χ1) is 20.3. The Morgan fingerprint density at radius 2 is 2.10 bits per heavy atom. The summed E-state index contributed by atoms with van der Waals surface area (Å²) in [7, 11) is 0. The number of hydrogen-bond acceptors (Lipinski definition) is 7. The van der Waals surface area contributed by atoms with Crippen LogP contribution in [0.1, 0.15) is 45.1 Å². The number of carbonyl (C=O) groups excluding carboxylic acids is 1. The van der Waals surface area contributed by atoms with Gasteiger partial charge < -0.3 is 15.3 Å². The third-order valence-corrected chi connectivity index (χ3v) is 7.80. The second kappa shape index (κ2) is 15.0. The molecule has 0 saturated carbocycles. The van der Waals surface area contributed by atoms with Crippen molar-refractivity contribution in [2.75, 3.05) is 13.2 Å². The van der Waals surface area contributed by atoms with Gasteiger partial charge in [0.25, 0.3) is 0 Å². The maximum Gasteiger partial charge on any atom is 0.248 e. The number of guanidine groups is 1. The topological polar surface area (TPSA) is 136 Å². The molecule has 4 unspecified atom stereocenters. The van der Waals surface area contributed by atoms with Crippen LogP contribution in [0.2, 0.25) is 5.02 Å². The van der Waals surface area contributed by atoms with Crippen LogP contribution >= 0.6 is 11.6 Å². The lowest BCUT2D eigenvalue weighted by atomic mass is 9.91. The molecular formula is C32H41ClN6O3. The molecule has 0 heterocycles. The van der Waals surface area contributed by atoms with Gasteiger partial charge in [0.2, 0.25) is 11.9 Å². The maximum atomic E-state index is 13.6. The summed E-state index contributed by atoms with van der Waals surface area (Å²) in [5.74, 6) is 11.2. The molecule has 1 aromatic carbocycles. The lowest BCUT2D eigenvalue weighted by Crippen LogP contribution is -2.56. The number of allylic oxidation sites excluding steroid dienone is 7. The van der Waals surface area contributed by atoms with Crippen LogP contribution in [-0.4, -0.2) is 43.3 Å². The SMILES string of the molecule is C=C(OCC)C(NC(C(=O)N/C(=N\N)NN)C1=C(C2C=CC(c3cccc(Cl)c3)=CC2)C1)C(C)OCC1=CCCC=C1. The van der Waals surface area contributed by atoms with Crippen LogP contribution in [0.25, 0.3) is 5.57 Å². The number of nitrogens with zero attached hydrogens (tertiary/aromatic N) is 1. The number of rotatable bonds is 13. The zero-order valence-electron chi connectivity index (χ0n) is 24.2. The van der Waals surface area contributed by atoms with Crippen LogP contribution in [0.3, 0.4) is 0 Å². The number of hydrogen-bond donors (Lipinski definition) is 5. The smallest absolute Gasteiger partial charge is 0.248 e. The summed E-state index contributed by atoms with van der Waals surface area (Å²) in [4.78, 5) is 13.6. The van der Waals surface area contributed by atoms with Crippen molar-refractivity contribution in [3.05, 3.63) is 100 Å². The minimum atomic E-state index is -0.709. The molecule has 0 saturated heterocycles. The third-order valence-electron chi connectivity index (χ3n) is 7.57. The molecule has 7 N–H and O–H groups in total. The van der Waals surface area contributed by atoms with Gasteiger partial charge in [-0.05, 0) is 73.9 Å². The number of amides is 1. The number of hydrazone groups is 1. The van der Waals surface area contributed by atoms with Crippen LogP contribution < -0.4 is 27.7 Å². The summed E-state index contributed by atoms with van der Waals surface area (Å²) >= 11 is 6.20. The molecule has 0 fully saturated rings. The first-order valence-corrected chi connectivity index (χ1v) is 14.7. The average Bonchev–Trinajstić information content (AvgIpc) is 3.80. The molecule has 10 heteroatoms. The van der Waals surface area contributed by atoms with Crippen molar-refractivity contribution in [3.8, 4) is 0 Å². The van der Waals surface area contributed by atoms with E-state index in [0.717, 1.165) is 41.5 Å². The van der Waals surface area contributed by atoms with Crippen LogP contribution in [0.5, 0.6) is 0 Å². The minimum Gasteiger partial charge on any atom is -0.497 e. The lowest BCUT2D eigenvalue weighted by molar-refractivity contribution is -0.121. The van der Waals surface area contributed by atoms with Crippen LogP contribution in [-0.2, 0) is 14.3 Å². The fourth-order valence-electron chi connectivity index (χ4n) is 5.25. The van der Waals surface area contributed by atoms with Crippen molar-refractivity contribution in [2.24, 2.45) is 22.7 Å². The van der Waals surface area contributed by atoms with E-state index in [9.17, 15) is 4.79 Å². The van der Waals surface area contributed by atoms with E-state index in [1.165, 1.54) is 5.57 Å². The molecule has 42 heavy (non-hydrogen) atoms. The number of ether oxygens (including phenoxy) is 2. The number of carbonyl (C=O) groups is 1. The summed E-state index contributed by atoms with van der Waals surface area (Å²) in [5.41, 5.74) is 7.85.